The van der Waals surface area contributed by atoms with E-state index in [1.165, 1.54) is 22.3 Å². The van der Waals surface area contributed by atoms with Gasteiger partial charge in [-0.25, -0.2) is 14.4 Å². The average molecular weight is 515 g/mol. The summed E-state index contributed by atoms with van der Waals surface area (Å²) in [7, 11) is 1.81. The number of aryl methyl sites for hydroxylation is 1. The molecule has 1 aromatic carbocycles. The molecule has 9 nitrogen and oxygen atoms in total. The second-order valence-electron chi connectivity index (χ2n) is 7.84. The van der Waals surface area contributed by atoms with Crippen molar-refractivity contribution in [1.82, 2.24) is 24.4 Å². The monoisotopic (exact) mass is 514 g/mol. The number of nitrogens with zero attached hydrogens (tertiary/aromatic N) is 5. The van der Waals surface area contributed by atoms with Crippen LogP contribution in [0.15, 0.2) is 49.1 Å². The van der Waals surface area contributed by atoms with E-state index in [0.717, 1.165) is 0 Å². The zero-order valence-electron chi connectivity index (χ0n) is 18.6. The number of carbonyl (C=O) groups excluding carboxylic acids is 2. The summed E-state index contributed by atoms with van der Waals surface area (Å²) in [5.41, 5.74) is 1.91. The van der Waals surface area contributed by atoms with E-state index < -0.39 is 5.82 Å². The van der Waals surface area contributed by atoms with Crippen LogP contribution in [0.2, 0.25) is 4.34 Å². The number of hydrogen-bond donors (Lipinski definition) is 1. The van der Waals surface area contributed by atoms with E-state index in [2.05, 4.69) is 15.3 Å². The predicted octanol–water partition coefficient (Wildman–Crippen LogP) is 3.42. The fourth-order valence-electron chi connectivity index (χ4n) is 3.80. The molecule has 0 bridgehead atoms. The minimum atomic E-state index is -0.522. The van der Waals surface area contributed by atoms with Gasteiger partial charge in [0.05, 0.1) is 46.3 Å². The van der Waals surface area contributed by atoms with Crippen molar-refractivity contribution in [2.45, 2.75) is 6.54 Å². The maximum Gasteiger partial charge on any atom is 0.261 e. The van der Waals surface area contributed by atoms with Gasteiger partial charge >= 0.3 is 0 Å². The van der Waals surface area contributed by atoms with Crippen LogP contribution in [0.1, 0.15) is 15.4 Å². The zero-order valence-corrected chi connectivity index (χ0v) is 20.1. The summed E-state index contributed by atoms with van der Waals surface area (Å²) in [4.78, 5) is 35.4. The number of aromatic nitrogens is 4. The van der Waals surface area contributed by atoms with E-state index in [1.54, 1.807) is 52.1 Å². The highest BCUT2D eigenvalue weighted by molar-refractivity contribution is 7.18. The molecule has 1 aliphatic rings. The largest absolute Gasteiger partial charge is 0.370 e. The highest BCUT2D eigenvalue weighted by atomic mass is 35.5. The normalized spacial score (nSPS) is 13.9. The lowest BCUT2D eigenvalue weighted by Crippen LogP contribution is -2.41. The van der Waals surface area contributed by atoms with Gasteiger partial charge in [0.2, 0.25) is 0 Å². The highest BCUT2D eigenvalue weighted by Crippen LogP contribution is 2.28. The molecular weight excluding hydrogens is 495 g/mol. The lowest BCUT2D eigenvalue weighted by Gasteiger charge is -2.27. The van der Waals surface area contributed by atoms with Crippen molar-refractivity contribution < 1.29 is 18.7 Å². The molecule has 0 unspecified atom stereocenters. The van der Waals surface area contributed by atoms with Crippen molar-refractivity contribution in [3.8, 4) is 17.2 Å². The first-order chi connectivity index (χ1) is 16.9. The fraction of sp³-hybridized carbons (Fsp3) is 0.217. The summed E-state index contributed by atoms with van der Waals surface area (Å²) in [5.74, 6) is -0.551. The smallest absolute Gasteiger partial charge is 0.261 e. The Labute approximate surface area is 208 Å². The molecule has 0 radical (unpaired) electrons. The maximum absolute atomic E-state index is 15.4. The van der Waals surface area contributed by atoms with Crippen LogP contribution in [0.4, 0.5) is 10.1 Å². The van der Waals surface area contributed by atoms with Crippen LogP contribution in [-0.4, -0.2) is 50.7 Å². The van der Waals surface area contributed by atoms with Gasteiger partial charge in [-0.2, -0.15) is 0 Å². The molecule has 0 aliphatic carbocycles. The molecule has 1 aliphatic heterocycles. The lowest BCUT2D eigenvalue weighted by atomic mass is 10.2. The van der Waals surface area contributed by atoms with E-state index in [0.29, 0.717) is 45.3 Å². The van der Waals surface area contributed by atoms with E-state index in [9.17, 15) is 9.59 Å². The van der Waals surface area contributed by atoms with E-state index in [-0.39, 0.29) is 30.7 Å². The highest BCUT2D eigenvalue weighted by Gasteiger charge is 2.23. The first-order valence-corrected chi connectivity index (χ1v) is 11.9. The Bertz CT molecular complexity index is 1410. The molecule has 4 aromatic rings. The molecule has 0 saturated carbocycles. The van der Waals surface area contributed by atoms with Crippen molar-refractivity contribution in [3.05, 3.63) is 69.8 Å². The quantitative estimate of drug-likeness (QED) is 0.425. The van der Waals surface area contributed by atoms with Gasteiger partial charge in [-0.15, -0.1) is 11.3 Å². The average Bonchev–Trinajstić information content (AvgIpc) is 3.57. The Kier molecular flexibility index (Phi) is 6.37. The number of hydrogen-bond acceptors (Lipinski definition) is 6. The van der Waals surface area contributed by atoms with Crippen LogP contribution in [0.5, 0.6) is 0 Å². The van der Waals surface area contributed by atoms with E-state index in [1.807, 2.05) is 7.05 Å². The molecule has 12 heteroatoms. The first-order valence-electron chi connectivity index (χ1n) is 10.7. The van der Waals surface area contributed by atoms with Crippen molar-refractivity contribution in [1.29, 1.82) is 0 Å². The van der Waals surface area contributed by atoms with Crippen LogP contribution in [0.25, 0.3) is 17.2 Å². The third kappa shape index (κ3) is 4.70. The number of halogens is 2. The Hall–Kier alpha value is -3.54. The zero-order chi connectivity index (χ0) is 24.5. The molecule has 2 amide bonds. The number of nitrogens with one attached hydrogen (secondary N) is 1. The molecule has 5 rings (SSSR count). The fourth-order valence-corrected chi connectivity index (χ4v) is 4.75. The lowest BCUT2D eigenvalue weighted by molar-refractivity contribution is -0.125. The van der Waals surface area contributed by atoms with Gasteiger partial charge in [0.15, 0.2) is 5.82 Å². The maximum atomic E-state index is 15.4. The number of anilines is 1. The second kappa shape index (κ2) is 9.61. The predicted molar refractivity (Wildman–Crippen MR) is 129 cm³/mol. The molecule has 180 valence electrons. The molecule has 4 heterocycles. The summed E-state index contributed by atoms with van der Waals surface area (Å²) < 4.78 is 24.4. The Morgan fingerprint density at radius 1 is 1.31 bits per heavy atom. The van der Waals surface area contributed by atoms with Crippen LogP contribution in [0.3, 0.4) is 0 Å². The summed E-state index contributed by atoms with van der Waals surface area (Å²) in [6.45, 7) is 0.868. The van der Waals surface area contributed by atoms with Gasteiger partial charge in [-0.1, -0.05) is 11.6 Å². The van der Waals surface area contributed by atoms with Crippen molar-refractivity contribution in [2.24, 2.45) is 7.05 Å². The molecule has 0 spiro atoms. The Morgan fingerprint density at radius 3 is 2.86 bits per heavy atom. The summed E-state index contributed by atoms with van der Waals surface area (Å²) in [6.07, 6.45) is 4.93. The van der Waals surface area contributed by atoms with Gasteiger partial charge in [0, 0.05) is 25.5 Å². The van der Waals surface area contributed by atoms with Crippen LogP contribution >= 0.6 is 22.9 Å². The second-order valence-corrected chi connectivity index (χ2v) is 9.55. The summed E-state index contributed by atoms with van der Waals surface area (Å²) in [6, 6.07) is 7.93. The topological polar surface area (TPSA) is 94.3 Å². The first kappa shape index (κ1) is 23.2. The minimum absolute atomic E-state index is 0.0255. The number of rotatable bonds is 6. The molecule has 1 fully saturated rings. The molecule has 1 saturated heterocycles. The third-order valence-electron chi connectivity index (χ3n) is 5.52. The number of amides is 2. The standard InChI is InChI=1S/C23H20ClFN6O3S/c1-29-13-26-10-18(29)22-28-14(9-27-23(33)19-4-5-20(24)35-19)11-31(22)17-3-2-15(8-16(17)25)30-6-7-34-12-21(30)32/h2-5,8,10-11,13H,6-7,9,12H2,1H3,(H,27,33). The minimum Gasteiger partial charge on any atom is -0.370 e. The van der Waals surface area contributed by atoms with Crippen molar-refractivity contribution in [3.63, 3.8) is 0 Å². The van der Waals surface area contributed by atoms with Crippen molar-refractivity contribution >= 4 is 40.4 Å². The van der Waals surface area contributed by atoms with Crippen LogP contribution < -0.4 is 10.2 Å². The van der Waals surface area contributed by atoms with Crippen LogP contribution in [-0.2, 0) is 23.1 Å². The van der Waals surface area contributed by atoms with Crippen molar-refractivity contribution in [2.75, 3.05) is 24.7 Å². The van der Waals surface area contributed by atoms with Crippen LogP contribution in [0, 0.1) is 5.82 Å². The number of morpholine rings is 1. The van der Waals surface area contributed by atoms with Gasteiger partial charge in [-0.3, -0.25) is 14.2 Å². The van der Waals surface area contributed by atoms with E-state index in [4.69, 9.17) is 16.3 Å². The Morgan fingerprint density at radius 2 is 2.17 bits per heavy atom. The molecule has 1 N–H and O–H groups in total. The molecule has 0 atom stereocenters. The Balaban J connectivity index is 1.46. The molecular formula is C23H20ClFN6O3S. The molecule has 3 aromatic heterocycles. The number of ether oxygens (including phenoxy) is 1. The van der Waals surface area contributed by atoms with Gasteiger partial charge in [0.1, 0.15) is 18.1 Å². The van der Waals surface area contributed by atoms with E-state index >= 15 is 4.39 Å². The number of imidazole rings is 2. The number of carbonyl (C=O) groups is 2. The summed E-state index contributed by atoms with van der Waals surface area (Å²) in [5, 5.41) is 2.82. The van der Waals surface area contributed by atoms with Gasteiger partial charge in [-0.05, 0) is 30.3 Å². The van der Waals surface area contributed by atoms with Gasteiger partial charge < -0.3 is 19.5 Å². The van der Waals surface area contributed by atoms with Gasteiger partial charge in [0.25, 0.3) is 11.8 Å². The number of benzene rings is 1. The third-order valence-corrected chi connectivity index (χ3v) is 6.75. The summed E-state index contributed by atoms with van der Waals surface area (Å²) >= 11 is 7.10. The molecule has 35 heavy (non-hydrogen) atoms. The number of thiophene rings is 1. The SMILES string of the molecule is Cn1cncc1-c1nc(CNC(=O)c2ccc(Cl)s2)cn1-c1ccc(N2CCOCC2=O)cc1F.